The van der Waals surface area contributed by atoms with Crippen molar-refractivity contribution in [3.05, 3.63) is 33.1 Å². The van der Waals surface area contributed by atoms with Gasteiger partial charge in [-0.1, -0.05) is 11.6 Å². The number of nitrogens with two attached hydrogens (primary N) is 1. The summed E-state index contributed by atoms with van der Waals surface area (Å²) < 4.78 is 0. The Morgan fingerprint density at radius 2 is 2.24 bits per heavy atom. The van der Waals surface area contributed by atoms with Gasteiger partial charge in [0.1, 0.15) is 16.9 Å². The third kappa shape index (κ3) is 2.80. The maximum atomic E-state index is 12.4. The Morgan fingerprint density at radius 3 is 2.76 bits per heavy atom. The van der Waals surface area contributed by atoms with E-state index >= 15 is 0 Å². The van der Waals surface area contributed by atoms with E-state index in [0.29, 0.717) is 13.0 Å². The standard InChI is InChI=1S/C12H13ClN4O4/c1-12(11(14)19)2-3-16(6-12)10(18)7-4-9(13)15-5-8(7)17(20)21/h4-5H,2-3,6H2,1H3,(H2,14,19). The van der Waals surface area contributed by atoms with Crippen molar-refractivity contribution in [2.24, 2.45) is 11.1 Å². The normalized spacial score (nSPS) is 21.3. The lowest BCUT2D eigenvalue weighted by atomic mass is 9.89. The van der Waals surface area contributed by atoms with Gasteiger partial charge < -0.3 is 10.6 Å². The van der Waals surface area contributed by atoms with Gasteiger partial charge in [0.05, 0.1) is 10.3 Å². The molecule has 0 bridgehead atoms. The van der Waals surface area contributed by atoms with E-state index in [9.17, 15) is 19.7 Å². The summed E-state index contributed by atoms with van der Waals surface area (Å²) in [5.74, 6) is -1.06. The SMILES string of the molecule is CC1(C(N)=O)CCN(C(=O)c2cc(Cl)ncc2[N+](=O)[O-])C1. The van der Waals surface area contributed by atoms with Crippen molar-refractivity contribution in [2.75, 3.05) is 13.1 Å². The predicted molar refractivity (Wildman–Crippen MR) is 73.7 cm³/mol. The highest BCUT2D eigenvalue weighted by Crippen LogP contribution is 2.32. The highest BCUT2D eigenvalue weighted by atomic mass is 35.5. The molecule has 2 heterocycles. The minimum absolute atomic E-state index is 0.0131. The van der Waals surface area contributed by atoms with Crippen molar-refractivity contribution in [3.63, 3.8) is 0 Å². The maximum absolute atomic E-state index is 12.4. The fourth-order valence-electron chi connectivity index (χ4n) is 2.25. The molecule has 1 unspecified atom stereocenters. The van der Waals surface area contributed by atoms with E-state index in [0.717, 1.165) is 12.3 Å². The fourth-order valence-corrected chi connectivity index (χ4v) is 2.40. The van der Waals surface area contributed by atoms with Gasteiger partial charge in [-0.25, -0.2) is 4.98 Å². The van der Waals surface area contributed by atoms with Gasteiger partial charge in [0.15, 0.2) is 0 Å². The lowest BCUT2D eigenvalue weighted by Crippen LogP contribution is -2.38. The van der Waals surface area contributed by atoms with Gasteiger partial charge in [0, 0.05) is 13.1 Å². The van der Waals surface area contributed by atoms with E-state index < -0.39 is 27.8 Å². The average Bonchev–Trinajstić information content (AvgIpc) is 2.81. The fraction of sp³-hybridized carbons (Fsp3) is 0.417. The number of amides is 2. The van der Waals surface area contributed by atoms with Crippen LogP contribution in [-0.4, -0.2) is 39.7 Å². The minimum atomic E-state index is -0.818. The van der Waals surface area contributed by atoms with Crippen molar-refractivity contribution in [3.8, 4) is 0 Å². The van der Waals surface area contributed by atoms with E-state index in [2.05, 4.69) is 4.98 Å². The van der Waals surface area contributed by atoms with E-state index in [1.165, 1.54) is 4.90 Å². The molecule has 0 spiro atoms. The summed E-state index contributed by atoms with van der Waals surface area (Å²) >= 11 is 5.70. The quantitative estimate of drug-likeness (QED) is 0.507. The molecule has 1 atom stereocenters. The third-order valence-corrected chi connectivity index (χ3v) is 3.84. The van der Waals surface area contributed by atoms with E-state index in [1.54, 1.807) is 6.92 Å². The molecule has 1 aromatic rings. The molecule has 0 radical (unpaired) electrons. The molecular weight excluding hydrogens is 300 g/mol. The molecule has 1 fully saturated rings. The number of nitrogens with zero attached hydrogens (tertiary/aromatic N) is 3. The van der Waals surface area contributed by atoms with Crippen LogP contribution in [0.1, 0.15) is 23.7 Å². The number of carbonyl (C=O) groups excluding carboxylic acids is 2. The second kappa shape index (κ2) is 5.28. The summed E-state index contributed by atoms with van der Waals surface area (Å²) in [5.41, 5.74) is 3.94. The number of primary amides is 1. The molecule has 2 rings (SSSR count). The van der Waals surface area contributed by atoms with Gasteiger partial charge in [-0.2, -0.15) is 0 Å². The van der Waals surface area contributed by atoms with Crippen LogP contribution in [0.15, 0.2) is 12.3 Å². The Kier molecular flexibility index (Phi) is 3.82. The van der Waals surface area contributed by atoms with Crippen molar-refractivity contribution in [1.29, 1.82) is 0 Å². The molecule has 1 saturated heterocycles. The Balaban J connectivity index is 2.32. The van der Waals surface area contributed by atoms with E-state index in [4.69, 9.17) is 17.3 Å². The molecule has 8 nitrogen and oxygen atoms in total. The van der Waals surface area contributed by atoms with Crippen LogP contribution in [0.5, 0.6) is 0 Å². The van der Waals surface area contributed by atoms with Crippen LogP contribution in [0.25, 0.3) is 0 Å². The topological polar surface area (TPSA) is 119 Å². The van der Waals surface area contributed by atoms with Crippen LogP contribution in [0.2, 0.25) is 5.15 Å². The molecule has 112 valence electrons. The number of halogens is 1. The van der Waals surface area contributed by atoms with Crippen LogP contribution < -0.4 is 5.73 Å². The summed E-state index contributed by atoms with van der Waals surface area (Å²) in [4.78, 5) is 39.1. The number of hydrogen-bond acceptors (Lipinski definition) is 5. The molecule has 0 aromatic carbocycles. The van der Waals surface area contributed by atoms with Gasteiger partial charge in [-0.15, -0.1) is 0 Å². The van der Waals surface area contributed by atoms with Crippen LogP contribution in [0.4, 0.5) is 5.69 Å². The Morgan fingerprint density at radius 1 is 1.57 bits per heavy atom. The number of likely N-dealkylation sites (tertiary alicyclic amines) is 1. The summed E-state index contributed by atoms with van der Waals surface area (Å²) in [7, 11) is 0. The zero-order valence-electron chi connectivity index (χ0n) is 11.2. The van der Waals surface area contributed by atoms with Crippen LogP contribution >= 0.6 is 11.6 Å². The number of pyridine rings is 1. The summed E-state index contributed by atoms with van der Waals surface area (Å²) in [5, 5.41) is 11.0. The molecule has 1 aliphatic rings. The van der Waals surface area contributed by atoms with Crippen LogP contribution in [0, 0.1) is 15.5 Å². The zero-order valence-corrected chi connectivity index (χ0v) is 12.0. The molecular formula is C12H13ClN4O4. The molecule has 0 aliphatic carbocycles. The Hall–Kier alpha value is -2.22. The highest BCUT2D eigenvalue weighted by Gasteiger charge is 2.41. The molecule has 2 N–H and O–H groups in total. The largest absolute Gasteiger partial charge is 0.369 e. The number of nitro groups is 1. The van der Waals surface area contributed by atoms with Crippen molar-refractivity contribution >= 4 is 29.1 Å². The van der Waals surface area contributed by atoms with Crippen molar-refractivity contribution < 1.29 is 14.5 Å². The summed E-state index contributed by atoms with van der Waals surface area (Å²) in [6.07, 6.45) is 1.36. The number of hydrogen-bond donors (Lipinski definition) is 1. The first-order valence-electron chi connectivity index (χ1n) is 6.14. The number of carbonyl (C=O) groups is 2. The third-order valence-electron chi connectivity index (χ3n) is 3.63. The first-order valence-corrected chi connectivity index (χ1v) is 6.51. The summed E-state index contributed by atoms with van der Waals surface area (Å²) in [6, 6.07) is 1.15. The van der Waals surface area contributed by atoms with Crippen molar-refractivity contribution in [1.82, 2.24) is 9.88 Å². The van der Waals surface area contributed by atoms with Crippen molar-refractivity contribution in [2.45, 2.75) is 13.3 Å². The molecule has 1 aliphatic heterocycles. The van der Waals surface area contributed by atoms with Gasteiger partial charge in [0.2, 0.25) is 5.91 Å². The van der Waals surface area contributed by atoms with Crippen LogP contribution in [-0.2, 0) is 4.79 Å². The first kappa shape index (κ1) is 15.2. The highest BCUT2D eigenvalue weighted by molar-refractivity contribution is 6.29. The molecule has 21 heavy (non-hydrogen) atoms. The second-order valence-corrected chi connectivity index (χ2v) is 5.57. The molecule has 0 saturated carbocycles. The predicted octanol–water partition coefficient (Wildman–Crippen LogP) is 0.981. The van der Waals surface area contributed by atoms with E-state index in [1.807, 2.05) is 0 Å². The van der Waals surface area contributed by atoms with Gasteiger partial charge >= 0.3 is 0 Å². The minimum Gasteiger partial charge on any atom is -0.369 e. The number of aromatic nitrogens is 1. The maximum Gasteiger partial charge on any atom is 0.300 e. The number of rotatable bonds is 3. The Labute approximate surface area is 125 Å². The molecule has 2 amide bonds. The zero-order chi connectivity index (χ0) is 15.8. The lowest BCUT2D eigenvalue weighted by molar-refractivity contribution is -0.385. The van der Waals surface area contributed by atoms with E-state index in [-0.39, 0.29) is 17.3 Å². The Bertz CT molecular complexity index is 636. The summed E-state index contributed by atoms with van der Waals surface area (Å²) in [6.45, 7) is 2.09. The van der Waals surface area contributed by atoms with Gasteiger partial charge in [-0.3, -0.25) is 19.7 Å². The molecule has 9 heteroatoms. The second-order valence-electron chi connectivity index (χ2n) is 5.18. The monoisotopic (exact) mass is 312 g/mol. The van der Waals surface area contributed by atoms with Crippen LogP contribution in [0.3, 0.4) is 0 Å². The smallest absolute Gasteiger partial charge is 0.300 e. The van der Waals surface area contributed by atoms with Gasteiger partial charge in [0.25, 0.3) is 11.6 Å². The lowest BCUT2D eigenvalue weighted by Gasteiger charge is -2.21. The van der Waals surface area contributed by atoms with Gasteiger partial charge in [-0.05, 0) is 19.4 Å². The molecule has 1 aromatic heterocycles. The first-order chi connectivity index (χ1) is 9.74. The average molecular weight is 313 g/mol.